The Labute approximate surface area is 161 Å². The molecule has 2 aromatic rings. The van der Waals surface area contributed by atoms with E-state index >= 15 is 0 Å². The number of nitrogens with two attached hydrogens (primary N) is 1. The molecular weight excluding hydrogens is 368 g/mol. The molecule has 8 heteroatoms. The number of halogens is 2. The van der Waals surface area contributed by atoms with Crippen LogP contribution in [-0.2, 0) is 16.7 Å². The number of amidine groups is 1. The van der Waals surface area contributed by atoms with Crippen LogP contribution >= 0.6 is 0 Å². The molecule has 0 bridgehead atoms. The van der Waals surface area contributed by atoms with Gasteiger partial charge in [0.1, 0.15) is 36.0 Å². The number of nitrogens with zero attached hydrogens (tertiary/aromatic N) is 2. The lowest BCUT2D eigenvalue weighted by molar-refractivity contribution is 0.0816. The second-order valence-corrected chi connectivity index (χ2v) is 6.75. The van der Waals surface area contributed by atoms with Crippen LogP contribution in [0.4, 0.5) is 8.78 Å². The number of hydrogen-bond donors (Lipinski definition) is 1. The van der Waals surface area contributed by atoms with Gasteiger partial charge in [0.05, 0.1) is 12.8 Å². The van der Waals surface area contributed by atoms with E-state index in [2.05, 4.69) is 9.98 Å². The van der Waals surface area contributed by atoms with Crippen LogP contribution in [0, 0.1) is 0 Å². The van der Waals surface area contributed by atoms with E-state index in [9.17, 15) is 13.6 Å². The molecule has 1 aliphatic rings. The van der Waals surface area contributed by atoms with Crippen molar-refractivity contribution in [3.63, 3.8) is 0 Å². The number of ketones is 1. The smallest absolute Gasteiger partial charge is 0.272 e. The second kappa shape index (κ2) is 8.43. The van der Waals surface area contributed by atoms with Gasteiger partial charge in [-0.3, -0.25) is 9.79 Å². The van der Waals surface area contributed by atoms with E-state index in [-0.39, 0.29) is 23.6 Å². The maximum absolute atomic E-state index is 12.5. The number of carbonyl (C=O) groups excluding carboxylic acids is 1. The van der Waals surface area contributed by atoms with Gasteiger partial charge in [0.25, 0.3) is 6.43 Å². The van der Waals surface area contributed by atoms with Crippen molar-refractivity contribution in [2.45, 2.75) is 25.3 Å². The molecule has 0 saturated heterocycles. The zero-order valence-corrected chi connectivity index (χ0v) is 15.4. The van der Waals surface area contributed by atoms with Crippen LogP contribution in [-0.4, -0.2) is 42.8 Å². The van der Waals surface area contributed by atoms with Crippen molar-refractivity contribution < 1.29 is 23.0 Å². The quantitative estimate of drug-likeness (QED) is 0.736. The Hall–Kier alpha value is -2.87. The lowest BCUT2D eigenvalue weighted by atomic mass is 9.90. The van der Waals surface area contributed by atoms with Gasteiger partial charge >= 0.3 is 0 Å². The van der Waals surface area contributed by atoms with E-state index in [1.807, 2.05) is 31.2 Å². The number of hydrogen-bond acceptors (Lipinski definition) is 6. The Balaban J connectivity index is 1.70. The zero-order valence-electron chi connectivity index (χ0n) is 15.4. The van der Waals surface area contributed by atoms with Crippen molar-refractivity contribution in [3.8, 4) is 5.75 Å². The molecule has 0 spiro atoms. The summed E-state index contributed by atoms with van der Waals surface area (Å²) < 4.78 is 34.7. The lowest BCUT2D eigenvalue weighted by Crippen LogP contribution is -2.37. The Morgan fingerprint density at radius 2 is 2.18 bits per heavy atom. The number of Topliss-reactive ketones (excluding diaryl/α,β-unsaturated/α-hetero) is 1. The molecule has 0 fully saturated rings. The fraction of sp³-hybridized carbons (Fsp3) is 0.350. The van der Waals surface area contributed by atoms with Crippen LogP contribution in [0.25, 0.3) is 0 Å². The average Bonchev–Trinajstić information content (AvgIpc) is 2.67. The SMILES string of the molecule is CC1(c2cccc(CC(=O)c3ccc(OCC(F)F)cn3)c2)COCC(N)=N1. The molecule has 1 atom stereocenters. The van der Waals surface area contributed by atoms with Crippen molar-refractivity contribution in [3.05, 3.63) is 59.4 Å². The molecule has 1 aromatic carbocycles. The molecule has 2 heterocycles. The molecule has 3 rings (SSSR count). The molecule has 148 valence electrons. The summed E-state index contributed by atoms with van der Waals surface area (Å²) in [4.78, 5) is 21.0. The molecule has 6 nitrogen and oxygen atoms in total. The molecule has 28 heavy (non-hydrogen) atoms. The number of pyridine rings is 1. The number of ether oxygens (including phenoxy) is 2. The van der Waals surface area contributed by atoms with Crippen LogP contribution < -0.4 is 10.5 Å². The first-order valence-electron chi connectivity index (χ1n) is 8.77. The normalized spacial score (nSPS) is 19.4. The highest BCUT2D eigenvalue weighted by Gasteiger charge is 2.30. The zero-order chi connectivity index (χ0) is 20.1. The van der Waals surface area contributed by atoms with Crippen LogP contribution in [0.1, 0.15) is 28.5 Å². The van der Waals surface area contributed by atoms with Gasteiger partial charge in [-0.15, -0.1) is 0 Å². The fourth-order valence-corrected chi connectivity index (χ4v) is 2.97. The monoisotopic (exact) mass is 389 g/mol. The van der Waals surface area contributed by atoms with Crippen molar-refractivity contribution in [2.75, 3.05) is 19.8 Å². The van der Waals surface area contributed by atoms with Gasteiger partial charge in [0.2, 0.25) is 0 Å². The summed E-state index contributed by atoms with van der Waals surface area (Å²) in [5, 5.41) is 0. The fourth-order valence-electron chi connectivity index (χ4n) is 2.97. The molecule has 1 aromatic heterocycles. The minimum Gasteiger partial charge on any atom is -0.486 e. The highest BCUT2D eigenvalue weighted by molar-refractivity contribution is 5.95. The van der Waals surface area contributed by atoms with E-state index in [4.69, 9.17) is 15.2 Å². The van der Waals surface area contributed by atoms with Crippen molar-refractivity contribution in [1.82, 2.24) is 4.98 Å². The van der Waals surface area contributed by atoms with Gasteiger partial charge in [-0.1, -0.05) is 24.3 Å². The van der Waals surface area contributed by atoms with Crippen LogP contribution in [0.15, 0.2) is 47.6 Å². The molecule has 2 N–H and O–H groups in total. The summed E-state index contributed by atoms with van der Waals surface area (Å²) in [5.41, 5.74) is 7.16. The van der Waals surface area contributed by atoms with Gasteiger partial charge in [-0.2, -0.15) is 0 Å². The highest BCUT2D eigenvalue weighted by atomic mass is 19.3. The second-order valence-electron chi connectivity index (χ2n) is 6.75. The number of rotatable bonds is 7. The largest absolute Gasteiger partial charge is 0.486 e. The number of alkyl halides is 2. The molecule has 0 amide bonds. The Kier molecular flexibility index (Phi) is 5.99. The molecule has 0 saturated carbocycles. The lowest BCUT2D eigenvalue weighted by Gasteiger charge is -2.30. The summed E-state index contributed by atoms with van der Waals surface area (Å²) in [6.45, 7) is 1.94. The van der Waals surface area contributed by atoms with Gasteiger partial charge in [-0.25, -0.2) is 13.8 Å². The summed E-state index contributed by atoms with van der Waals surface area (Å²) in [5.74, 6) is 0.443. The first-order valence-corrected chi connectivity index (χ1v) is 8.77. The molecule has 1 unspecified atom stereocenters. The first-order chi connectivity index (χ1) is 13.4. The van der Waals surface area contributed by atoms with Gasteiger partial charge in [-0.05, 0) is 30.2 Å². The third-order valence-corrected chi connectivity index (χ3v) is 4.34. The van der Waals surface area contributed by atoms with Gasteiger partial charge in [0, 0.05) is 6.42 Å². The van der Waals surface area contributed by atoms with E-state index < -0.39 is 18.6 Å². The van der Waals surface area contributed by atoms with Crippen LogP contribution in [0.3, 0.4) is 0 Å². The number of carbonyl (C=O) groups is 1. The van der Waals surface area contributed by atoms with Gasteiger partial charge < -0.3 is 15.2 Å². The summed E-state index contributed by atoms with van der Waals surface area (Å²) >= 11 is 0. The van der Waals surface area contributed by atoms with Crippen LogP contribution in [0.5, 0.6) is 5.75 Å². The van der Waals surface area contributed by atoms with E-state index in [0.717, 1.165) is 11.1 Å². The van der Waals surface area contributed by atoms with Crippen LogP contribution in [0.2, 0.25) is 0 Å². The van der Waals surface area contributed by atoms with Crippen molar-refractivity contribution in [2.24, 2.45) is 10.7 Å². The van der Waals surface area contributed by atoms with Crippen molar-refractivity contribution in [1.29, 1.82) is 0 Å². The predicted molar refractivity (Wildman–Crippen MR) is 100 cm³/mol. The minimum absolute atomic E-state index is 0.147. The molecule has 0 radical (unpaired) electrons. The standard InChI is InChI=1S/C20H21F2N3O3/c1-20(12-27-11-19(23)25-20)14-4-2-3-13(7-14)8-17(26)16-6-5-15(9-24-16)28-10-18(21)22/h2-7,9,18H,8,10-12H2,1H3,(H2,23,25). The van der Waals surface area contributed by atoms with E-state index in [1.165, 1.54) is 18.3 Å². The first kappa shape index (κ1) is 19.9. The predicted octanol–water partition coefficient (Wildman–Crippen LogP) is 2.75. The number of aromatic nitrogens is 1. The summed E-state index contributed by atoms with van der Waals surface area (Å²) in [6.07, 6.45) is -1.15. The number of aliphatic imine (C=N–C) groups is 1. The maximum atomic E-state index is 12.5. The average molecular weight is 389 g/mol. The van der Waals surface area contributed by atoms with Gasteiger partial charge in [0.15, 0.2) is 5.78 Å². The minimum atomic E-state index is -2.57. The Morgan fingerprint density at radius 1 is 1.36 bits per heavy atom. The maximum Gasteiger partial charge on any atom is 0.272 e. The molecule has 1 aliphatic heterocycles. The van der Waals surface area contributed by atoms with E-state index in [1.54, 1.807) is 0 Å². The molecular formula is C20H21F2N3O3. The molecule has 0 aliphatic carbocycles. The number of benzene rings is 1. The van der Waals surface area contributed by atoms with Crippen molar-refractivity contribution >= 4 is 11.6 Å². The summed E-state index contributed by atoms with van der Waals surface area (Å²) in [6, 6.07) is 10.5. The Morgan fingerprint density at radius 3 is 2.86 bits per heavy atom. The Bertz CT molecular complexity index is 871. The highest BCUT2D eigenvalue weighted by Crippen LogP contribution is 2.29. The van der Waals surface area contributed by atoms with E-state index in [0.29, 0.717) is 19.0 Å². The topological polar surface area (TPSA) is 86.8 Å². The summed E-state index contributed by atoms with van der Waals surface area (Å²) in [7, 11) is 0. The third-order valence-electron chi connectivity index (χ3n) is 4.34. The third kappa shape index (κ3) is 4.89.